The molecular formula is C7H15NO2S. The van der Waals surface area contributed by atoms with E-state index in [0.29, 0.717) is 6.42 Å². The summed E-state index contributed by atoms with van der Waals surface area (Å²) in [6, 6.07) is 0.0334. The second kappa shape index (κ2) is 2.45. The summed E-state index contributed by atoms with van der Waals surface area (Å²) in [5, 5.41) is 0. The SMILES string of the molecule is CC1(C)CS(=O)(=O)CCC1N. The number of hydrogen-bond donors (Lipinski definition) is 1. The molecule has 0 aromatic heterocycles. The van der Waals surface area contributed by atoms with Gasteiger partial charge in [-0.05, 0) is 11.8 Å². The summed E-state index contributed by atoms with van der Waals surface area (Å²) in [6.45, 7) is 3.82. The Kier molecular flexibility index (Phi) is 2.01. The molecule has 0 bridgehead atoms. The monoisotopic (exact) mass is 177 g/mol. The van der Waals surface area contributed by atoms with Crippen LogP contribution in [0.4, 0.5) is 0 Å². The van der Waals surface area contributed by atoms with Gasteiger partial charge < -0.3 is 5.73 Å². The molecule has 1 atom stereocenters. The lowest BCUT2D eigenvalue weighted by Crippen LogP contribution is -2.47. The van der Waals surface area contributed by atoms with E-state index in [-0.39, 0.29) is 23.0 Å². The molecule has 11 heavy (non-hydrogen) atoms. The van der Waals surface area contributed by atoms with Crippen LogP contribution >= 0.6 is 0 Å². The van der Waals surface area contributed by atoms with Gasteiger partial charge in [0.15, 0.2) is 9.84 Å². The lowest BCUT2D eigenvalue weighted by Gasteiger charge is -2.35. The normalized spacial score (nSPS) is 35.0. The Morgan fingerprint density at radius 1 is 1.45 bits per heavy atom. The van der Waals surface area contributed by atoms with E-state index in [4.69, 9.17) is 5.73 Å². The van der Waals surface area contributed by atoms with Crippen LogP contribution < -0.4 is 5.73 Å². The topological polar surface area (TPSA) is 60.2 Å². The first-order valence-electron chi connectivity index (χ1n) is 3.79. The minimum absolute atomic E-state index is 0.0334. The molecule has 4 heteroatoms. The second-order valence-electron chi connectivity index (χ2n) is 3.98. The predicted octanol–water partition coefficient (Wildman–Crippen LogP) is 0.158. The minimum Gasteiger partial charge on any atom is -0.327 e. The summed E-state index contributed by atoms with van der Waals surface area (Å²) in [5.41, 5.74) is 5.53. The zero-order chi connectivity index (χ0) is 8.70. The molecule has 1 unspecified atom stereocenters. The van der Waals surface area contributed by atoms with Gasteiger partial charge in [-0.2, -0.15) is 0 Å². The molecule has 0 amide bonds. The van der Waals surface area contributed by atoms with Crippen molar-refractivity contribution in [1.29, 1.82) is 0 Å². The molecule has 2 N–H and O–H groups in total. The highest BCUT2D eigenvalue weighted by Crippen LogP contribution is 2.28. The molecule has 0 aliphatic carbocycles. The fourth-order valence-electron chi connectivity index (χ4n) is 1.44. The van der Waals surface area contributed by atoms with Gasteiger partial charge in [0, 0.05) is 6.04 Å². The number of rotatable bonds is 0. The van der Waals surface area contributed by atoms with Crippen molar-refractivity contribution in [2.75, 3.05) is 11.5 Å². The molecule has 66 valence electrons. The zero-order valence-corrected chi connectivity index (χ0v) is 7.82. The average Bonchev–Trinajstić information content (AvgIpc) is 1.77. The van der Waals surface area contributed by atoms with Gasteiger partial charge >= 0.3 is 0 Å². The number of hydrogen-bond acceptors (Lipinski definition) is 3. The van der Waals surface area contributed by atoms with Crippen LogP contribution in [0.25, 0.3) is 0 Å². The van der Waals surface area contributed by atoms with E-state index < -0.39 is 9.84 Å². The van der Waals surface area contributed by atoms with E-state index >= 15 is 0 Å². The first-order valence-corrected chi connectivity index (χ1v) is 5.62. The van der Waals surface area contributed by atoms with Gasteiger partial charge in [0.1, 0.15) is 0 Å². The van der Waals surface area contributed by atoms with Crippen molar-refractivity contribution in [3.8, 4) is 0 Å². The van der Waals surface area contributed by atoms with Gasteiger partial charge in [-0.1, -0.05) is 13.8 Å². The quantitative estimate of drug-likeness (QED) is 0.573. The fourth-order valence-corrected chi connectivity index (χ4v) is 3.55. The fraction of sp³-hybridized carbons (Fsp3) is 1.00. The summed E-state index contributed by atoms with van der Waals surface area (Å²) in [4.78, 5) is 0. The molecule has 1 rings (SSSR count). The van der Waals surface area contributed by atoms with Crippen LogP contribution in [0, 0.1) is 5.41 Å². The predicted molar refractivity (Wildman–Crippen MR) is 45.0 cm³/mol. The highest BCUT2D eigenvalue weighted by atomic mass is 32.2. The molecule has 3 nitrogen and oxygen atoms in total. The third-order valence-electron chi connectivity index (χ3n) is 2.34. The second-order valence-corrected chi connectivity index (χ2v) is 6.16. The Morgan fingerprint density at radius 2 is 2.00 bits per heavy atom. The highest BCUT2D eigenvalue weighted by molar-refractivity contribution is 7.91. The van der Waals surface area contributed by atoms with Crippen molar-refractivity contribution < 1.29 is 8.42 Å². The van der Waals surface area contributed by atoms with Crippen molar-refractivity contribution in [2.45, 2.75) is 26.3 Å². The van der Waals surface area contributed by atoms with Gasteiger partial charge in [-0.25, -0.2) is 8.42 Å². The number of sulfone groups is 1. The summed E-state index contributed by atoms with van der Waals surface area (Å²) < 4.78 is 22.3. The van der Waals surface area contributed by atoms with E-state index in [1.165, 1.54) is 0 Å². The molecule has 0 aromatic rings. The third kappa shape index (κ3) is 1.93. The molecule has 1 saturated heterocycles. The van der Waals surface area contributed by atoms with E-state index in [2.05, 4.69) is 0 Å². The Bertz CT molecular complexity index is 243. The van der Waals surface area contributed by atoms with Crippen LogP contribution in [0.2, 0.25) is 0 Å². The Labute approximate surface area is 67.9 Å². The smallest absolute Gasteiger partial charge is 0.150 e. The van der Waals surface area contributed by atoms with E-state index in [1.807, 2.05) is 13.8 Å². The van der Waals surface area contributed by atoms with Crippen LogP contribution in [0.3, 0.4) is 0 Å². The van der Waals surface area contributed by atoms with Gasteiger partial charge in [-0.3, -0.25) is 0 Å². The maximum atomic E-state index is 11.2. The maximum Gasteiger partial charge on any atom is 0.150 e. The van der Waals surface area contributed by atoms with Crippen molar-refractivity contribution in [2.24, 2.45) is 11.1 Å². The first-order chi connectivity index (χ1) is 4.83. The van der Waals surface area contributed by atoms with Crippen LogP contribution in [0.5, 0.6) is 0 Å². The summed E-state index contributed by atoms with van der Waals surface area (Å²) in [7, 11) is -2.80. The molecule has 1 heterocycles. The van der Waals surface area contributed by atoms with Crippen molar-refractivity contribution in [1.82, 2.24) is 0 Å². The third-order valence-corrected chi connectivity index (χ3v) is 4.38. The Morgan fingerprint density at radius 3 is 2.36 bits per heavy atom. The van der Waals surface area contributed by atoms with Gasteiger partial charge in [0.2, 0.25) is 0 Å². The molecule has 0 radical (unpaired) electrons. The first kappa shape index (κ1) is 9.00. The van der Waals surface area contributed by atoms with Crippen molar-refractivity contribution >= 4 is 9.84 Å². The zero-order valence-electron chi connectivity index (χ0n) is 7.00. The molecule has 0 saturated carbocycles. The van der Waals surface area contributed by atoms with Crippen LogP contribution in [-0.2, 0) is 9.84 Å². The largest absolute Gasteiger partial charge is 0.327 e. The molecule has 1 aliphatic heterocycles. The summed E-state index contributed by atoms with van der Waals surface area (Å²) in [5.74, 6) is 0.499. The molecule has 0 aromatic carbocycles. The standard InChI is InChI=1S/C7H15NO2S/c1-7(2)5-11(9,10)4-3-6(7)8/h6H,3-5,8H2,1-2H3. The molecule has 1 aliphatic rings. The summed E-state index contributed by atoms with van der Waals surface area (Å²) >= 11 is 0. The minimum atomic E-state index is -2.80. The van der Waals surface area contributed by atoms with Crippen LogP contribution in [-0.4, -0.2) is 26.0 Å². The van der Waals surface area contributed by atoms with E-state index in [1.54, 1.807) is 0 Å². The van der Waals surface area contributed by atoms with Gasteiger partial charge in [0.05, 0.1) is 11.5 Å². The van der Waals surface area contributed by atoms with Gasteiger partial charge in [0.25, 0.3) is 0 Å². The molecule has 0 spiro atoms. The Hall–Kier alpha value is -0.0900. The highest BCUT2D eigenvalue weighted by Gasteiger charge is 2.36. The number of nitrogens with two attached hydrogens (primary N) is 1. The van der Waals surface area contributed by atoms with Crippen LogP contribution in [0.15, 0.2) is 0 Å². The van der Waals surface area contributed by atoms with Gasteiger partial charge in [-0.15, -0.1) is 0 Å². The molecule has 1 fully saturated rings. The molecular weight excluding hydrogens is 162 g/mol. The van der Waals surface area contributed by atoms with Crippen molar-refractivity contribution in [3.05, 3.63) is 0 Å². The van der Waals surface area contributed by atoms with E-state index in [9.17, 15) is 8.42 Å². The Balaban J connectivity index is 2.83. The maximum absolute atomic E-state index is 11.2. The summed E-state index contributed by atoms with van der Waals surface area (Å²) in [6.07, 6.45) is 0.606. The van der Waals surface area contributed by atoms with E-state index in [0.717, 1.165) is 0 Å². The lowest BCUT2D eigenvalue weighted by atomic mass is 9.85. The van der Waals surface area contributed by atoms with Crippen LogP contribution in [0.1, 0.15) is 20.3 Å². The lowest BCUT2D eigenvalue weighted by molar-refractivity contribution is 0.302. The average molecular weight is 177 g/mol. The van der Waals surface area contributed by atoms with Crippen molar-refractivity contribution in [3.63, 3.8) is 0 Å².